The molecule has 1 aromatic rings. The Morgan fingerprint density at radius 2 is 1.95 bits per heavy atom. The van der Waals surface area contributed by atoms with E-state index in [1.807, 2.05) is 18.2 Å². The lowest BCUT2D eigenvalue weighted by Crippen LogP contribution is -2.56. The van der Waals surface area contributed by atoms with E-state index < -0.39 is 12.0 Å². The molecule has 0 aliphatic carbocycles. The van der Waals surface area contributed by atoms with Crippen LogP contribution in [0, 0.1) is 0 Å². The van der Waals surface area contributed by atoms with E-state index in [1.54, 1.807) is 4.90 Å². The molecule has 2 aliphatic rings. The third-order valence-corrected chi connectivity index (χ3v) is 4.45. The molecule has 2 N–H and O–H groups in total. The third-order valence-electron chi connectivity index (χ3n) is 4.45. The van der Waals surface area contributed by atoms with Crippen LogP contribution in [0.15, 0.2) is 24.3 Å². The molecule has 21 heavy (non-hydrogen) atoms. The summed E-state index contributed by atoms with van der Waals surface area (Å²) in [6.45, 7) is 1.22. The molecule has 0 bridgehead atoms. The predicted octanol–water partition coefficient (Wildman–Crippen LogP) is 1.17. The first-order chi connectivity index (χ1) is 10.2. The van der Waals surface area contributed by atoms with Gasteiger partial charge in [-0.2, -0.15) is 0 Å². The number of aliphatic carboxylic acids is 1. The average molecular weight is 288 g/mol. The molecule has 5 heteroatoms. The number of hydrogen-bond donors (Lipinski definition) is 2. The second-order valence-electron chi connectivity index (χ2n) is 5.79. The van der Waals surface area contributed by atoms with Crippen molar-refractivity contribution in [2.45, 2.75) is 44.3 Å². The second-order valence-corrected chi connectivity index (χ2v) is 5.79. The second kappa shape index (κ2) is 5.85. The molecule has 3 rings (SSSR count). The third kappa shape index (κ3) is 2.78. The van der Waals surface area contributed by atoms with Crippen molar-refractivity contribution in [1.82, 2.24) is 10.2 Å². The first-order valence-corrected chi connectivity index (χ1v) is 7.50. The van der Waals surface area contributed by atoms with Gasteiger partial charge >= 0.3 is 5.97 Å². The van der Waals surface area contributed by atoms with Crippen LogP contribution >= 0.6 is 0 Å². The number of nitrogens with one attached hydrogen (secondary N) is 1. The molecule has 112 valence electrons. The van der Waals surface area contributed by atoms with E-state index in [1.165, 1.54) is 11.1 Å². The van der Waals surface area contributed by atoms with Gasteiger partial charge in [0, 0.05) is 13.1 Å². The van der Waals surface area contributed by atoms with Gasteiger partial charge in [-0.25, -0.2) is 4.79 Å². The summed E-state index contributed by atoms with van der Waals surface area (Å²) in [6, 6.07) is 7.11. The Bertz CT molecular complexity index is 558. The number of fused-ring (bicyclic) bond motifs is 1. The number of piperidine rings is 1. The monoisotopic (exact) mass is 288 g/mol. The molecule has 0 unspecified atom stereocenters. The number of carboxylic acids is 1. The fourth-order valence-electron chi connectivity index (χ4n) is 3.28. The number of carbonyl (C=O) groups excluding carboxylic acids is 1. The SMILES string of the molecule is O=C(O)[C@H]1CCCCN1C(=O)[C@H]1Cc2ccccc2CN1. The Balaban J connectivity index is 1.75. The van der Waals surface area contributed by atoms with Gasteiger partial charge in [-0.05, 0) is 36.8 Å². The standard InChI is InChI=1S/C16H20N2O3/c19-15(18-8-4-3-7-14(18)16(20)21)13-9-11-5-1-2-6-12(11)10-17-13/h1-2,5-6,13-14,17H,3-4,7-10H2,(H,20,21)/t13-,14-/m1/s1. The predicted molar refractivity (Wildman–Crippen MR) is 77.8 cm³/mol. The topological polar surface area (TPSA) is 69.6 Å². The van der Waals surface area contributed by atoms with Crippen molar-refractivity contribution in [2.24, 2.45) is 0 Å². The maximum Gasteiger partial charge on any atom is 0.326 e. The molecule has 2 atom stereocenters. The van der Waals surface area contributed by atoms with Gasteiger partial charge in [0.1, 0.15) is 6.04 Å². The van der Waals surface area contributed by atoms with Crippen LogP contribution < -0.4 is 5.32 Å². The van der Waals surface area contributed by atoms with Crippen LogP contribution in [0.1, 0.15) is 30.4 Å². The molecule has 1 fully saturated rings. The highest BCUT2D eigenvalue weighted by Gasteiger charge is 2.36. The van der Waals surface area contributed by atoms with E-state index in [0.29, 0.717) is 25.9 Å². The fourth-order valence-corrected chi connectivity index (χ4v) is 3.28. The molecule has 1 aromatic carbocycles. The van der Waals surface area contributed by atoms with Crippen LogP contribution in [-0.4, -0.2) is 40.5 Å². The van der Waals surface area contributed by atoms with Crippen molar-refractivity contribution in [2.75, 3.05) is 6.54 Å². The van der Waals surface area contributed by atoms with Crippen LogP contribution in [0.5, 0.6) is 0 Å². The summed E-state index contributed by atoms with van der Waals surface area (Å²) in [6.07, 6.45) is 2.96. The number of carbonyl (C=O) groups is 2. The number of amides is 1. The van der Waals surface area contributed by atoms with Gasteiger partial charge < -0.3 is 15.3 Å². The summed E-state index contributed by atoms with van der Waals surface area (Å²) in [5.74, 6) is -0.962. The highest BCUT2D eigenvalue weighted by Crippen LogP contribution is 2.22. The summed E-state index contributed by atoms with van der Waals surface area (Å²) >= 11 is 0. The number of carboxylic acid groups (broad SMARTS) is 1. The molecule has 0 aromatic heterocycles. The van der Waals surface area contributed by atoms with Crippen LogP contribution in [0.25, 0.3) is 0 Å². The highest BCUT2D eigenvalue weighted by molar-refractivity contribution is 5.87. The van der Waals surface area contributed by atoms with Crippen molar-refractivity contribution < 1.29 is 14.7 Å². The normalized spacial score (nSPS) is 25.2. The highest BCUT2D eigenvalue weighted by atomic mass is 16.4. The van der Waals surface area contributed by atoms with E-state index in [9.17, 15) is 14.7 Å². The largest absolute Gasteiger partial charge is 0.480 e. The Morgan fingerprint density at radius 3 is 2.71 bits per heavy atom. The number of benzene rings is 1. The lowest BCUT2D eigenvalue weighted by atomic mass is 9.93. The summed E-state index contributed by atoms with van der Waals surface area (Å²) in [4.78, 5) is 25.6. The lowest BCUT2D eigenvalue weighted by Gasteiger charge is -2.37. The molecule has 2 heterocycles. The fraction of sp³-hybridized carbons (Fsp3) is 0.500. The van der Waals surface area contributed by atoms with Gasteiger partial charge in [-0.1, -0.05) is 24.3 Å². The van der Waals surface area contributed by atoms with Gasteiger partial charge in [-0.3, -0.25) is 4.79 Å². The Morgan fingerprint density at radius 1 is 1.19 bits per heavy atom. The molecule has 0 saturated carbocycles. The number of hydrogen-bond acceptors (Lipinski definition) is 3. The Hall–Kier alpha value is -1.88. The van der Waals surface area contributed by atoms with Crippen LogP contribution in [0.4, 0.5) is 0 Å². The maximum absolute atomic E-state index is 12.7. The van der Waals surface area contributed by atoms with E-state index >= 15 is 0 Å². The average Bonchev–Trinajstić information content (AvgIpc) is 2.53. The summed E-state index contributed by atoms with van der Waals surface area (Å²) in [7, 11) is 0. The van der Waals surface area contributed by atoms with Gasteiger partial charge in [0.15, 0.2) is 0 Å². The van der Waals surface area contributed by atoms with Crippen molar-refractivity contribution in [3.63, 3.8) is 0 Å². The summed E-state index contributed by atoms with van der Waals surface area (Å²) in [5.41, 5.74) is 2.40. The zero-order valence-corrected chi connectivity index (χ0v) is 11.9. The number of rotatable bonds is 2. The smallest absolute Gasteiger partial charge is 0.326 e. The minimum atomic E-state index is -0.890. The van der Waals surface area contributed by atoms with Crippen molar-refractivity contribution in [1.29, 1.82) is 0 Å². The first kappa shape index (κ1) is 14.1. The molecule has 5 nitrogen and oxygen atoms in total. The number of likely N-dealkylation sites (tertiary alicyclic amines) is 1. The Kier molecular flexibility index (Phi) is 3.92. The van der Waals surface area contributed by atoms with Crippen molar-refractivity contribution >= 4 is 11.9 Å². The molecular weight excluding hydrogens is 268 g/mol. The lowest BCUT2D eigenvalue weighted by molar-refractivity contribution is -0.153. The summed E-state index contributed by atoms with van der Waals surface area (Å²) < 4.78 is 0. The molecular formula is C16H20N2O3. The van der Waals surface area contributed by atoms with Crippen molar-refractivity contribution in [3.05, 3.63) is 35.4 Å². The zero-order chi connectivity index (χ0) is 14.8. The number of nitrogens with zero attached hydrogens (tertiary/aromatic N) is 1. The van der Waals surface area contributed by atoms with Crippen LogP contribution in [-0.2, 0) is 22.6 Å². The van der Waals surface area contributed by atoms with Gasteiger partial charge in [0.05, 0.1) is 6.04 Å². The molecule has 0 radical (unpaired) electrons. The zero-order valence-electron chi connectivity index (χ0n) is 11.9. The molecule has 1 amide bonds. The Labute approximate surface area is 123 Å². The van der Waals surface area contributed by atoms with E-state index in [4.69, 9.17) is 0 Å². The van der Waals surface area contributed by atoms with E-state index in [-0.39, 0.29) is 11.9 Å². The molecule has 1 saturated heterocycles. The van der Waals surface area contributed by atoms with E-state index in [2.05, 4.69) is 11.4 Å². The quantitative estimate of drug-likeness (QED) is 0.857. The first-order valence-electron chi connectivity index (χ1n) is 7.50. The van der Waals surface area contributed by atoms with Crippen molar-refractivity contribution in [3.8, 4) is 0 Å². The van der Waals surface area contributed by atoms with Crippen LogP contribution in [0.2, 0.25) is 0 Å². The minimum absolute atomic E-state index is 0.0726. The molecule has 0 spiro atoms. The maximum atomic E-state index is 12.7. The van der Waals surface area contributed by atoms with Gasteiger partial charge in [0.25, 0.3) is 0 Å². The van der Waals surface area contributed by atoms with Gasteiger partial charge in [-0.15, -0.1) is 0 Å². The van der Waals surface area contributed by atoms with Crippen LogP contribution in [0.3, 0.4) is 0 Å². The molecule has 2 aliphatic heterocycles. The van der Waals surface area contributed by atoms with E-state index in [0.717, 1.165) is 12.8 Å². The summed E-state index contributed by atoms with van der Waals surface area (Å²) in [5, 5.41) is 12.5. The van der Waals surface area contributed by atoms with Gasteiger partial charge in [0.2, 0.25) is 5.91 Å². The minimum Gasteiger partial charge on any atom is -0.480 e.